The van der Waals surface area contributed by atoms with Gasteiger partial charge in [0.05, 0.1) is 11.3 Å². The summed E-state index contributed by atoms with van der Waals surface area (Å²) in [6, 6.07) is 28.5. The second-order valence-electron chi connectivity index (χ2n) is 9.02. The number of carbonyl (C=O) groups excluding carboxylic acids is 1. The number of aryl methyl sites for hydroxylation is 2. The molecule has 0 saturated carbocycles. The van der Waals surface area contributed by atoms with Crippen molar-refractivity contribution in [3.63, 3.8) is 0 Å². The van der Waals surface area contributed by atoms with Crippen molar-refractivity contribution in [1.82, 2.24) is 4.98 Å². The first-order valence-corrected chi connectivity index (χ1v) is 11.8. The molecule has 187 valence electrons. The van der Waals surface area contributed by atoms with E-state index >= 15 is 0 Å². The van der Waals surface area contributed by atoms with Crippen LogP contribution < -0.4 is 0 Å². The second kappa shape index (κ2) is 10.7. The molecule has 0 amide bonds. The number of hydrogen-bond acceptors (Lipinski definition) is 4. The number of aliphatic hydroxyl groups is 1. The maximum Gasteiger partial charge on any atom is 0.155 e. The van der Waals surface area contributed by atoms with Gasteiger partial charge in [-0.1, -0.05) is 77.9 Å². The average molecular weight is 665 g/mol. The Kier molecular flexibility index (Phi) is 7.58. The molecule has 1 radical (unpaired) electrons. The van der Waals surface area contributed by atoms with E-state index in [-0.39, 0.29) is 31.6 Å². The molecule has 6 rings (SSSR count). The summed E-state index contributed by atoms with van der Waals surface area (Å²) in [7, 11) is 0. The van der Waals surface area contributed by atoms with Gasteiger partial charge in [-0.25, -0.2) is 0 Å². The number of ketones is 1. The number of hydrogen-bond donors (Lipinski definition) is 1. The number of nitrogens with zero attached hydrogens (tertiary/aromatic N) is 1. The number of benzene rings is 4. The minimum atomic E-state index is -0.125. The van der Waals surface area contributed by atoms with E-state index in [2.05, 4.69) is 74.5 Å². The van der Waals surface area contributed by atoms with E-state index < -0.39 is 0 Å². The van der Waals surface area contributed by atoms with E-state index in [1.54, 1.807) is 0 Å². The van der Waals surface area contributed by atoms with Crippen LogP contribution in [0, 0.1) is 19.9 Å². The summed E-state index contributed by atoms with van der Waals surface area (Å²) in [4.78, 5) is 15.1. The third-order valence-corrected chi connectivity index (χ3v) is 6.23. The van der Waals surface area contributed by atoms with Gasteiger partial charge in [-0.2, -0.15) is 0 Å². The molecule has 5 heteroatoms. The number of fused-ring (bicyclic) bond motifs is 6. The number of carbonyl (C=O) groups is 1. The number of rotatable bonds is 2. The van der Waals surface area contributed by atoms with Crippen molar-refractivity contribution in [2.24, 2.45) is 0 Å². The van der Waals surface area contributed by atoms with Crippen molar-refractivity contribution >= 4 is 49.4 Å². The van der Waals surface area contributed by atoms with Gasteiger partial charge in [-0.05, 0) is 32.9 Å². The standard InChI is InChI=1S/C27H18NO.C5H8O2.Ir/c1-16-8-7-11-18-19(15-14-17(2)24(16)18)26-27-25(20-9-3-5-12-22(20)28-26)21-10-4-6-13-23(21)29-27;1-4(6)3-5(2)7;/h3-14H,1-2H3;3,6H,1-2H3;/q-1;;/b;4-3-;. The van der Waals surface area contributed by atoms with Crippen LogP contribution in [0.4, 0.5) is 0 Å². The molecule has 37 heavy (non-hydrogen) atoms. The number of para-hydroxylation sites is 2. The summed E-state index contributed by atoms with van der Waals surface area (Å²) in [5, 5.41) is 14.1. The molecular weight excluding hydrogens is 639 g/mol. The van der Waals surface area contributed by atoms with Crippen LogP contribution in [-0.2, 0) is 24.9 Å². The molecule has 6 aromatic rings. The Balaban J connectivity index is 0.000000356. The largest absolute Gasteiger partial charge is 0.512 e. The quantitative estimate of drug-likeness (QED) is 0.115. The van der Waals surface area contributed by atoms with Crippen LogP contribution in [0.15, 0.2) is 89.0 Å². The summed E-state index contributed by atoms with van der Waals surface area (Å²) >= 11 is 0. The topological polar surface area (TPSA) is 63.3 Å². The summed E-state index contributed by atoms with van der Waals surface area (Å²) in [6.07, 6.45) is 1.17. The van der Waals surface area contributed by atoms with Crippen molar-refractivity contribution < 1.29 is 34.4 Å². The van der Waals surface area contributed by atoms with Crippen LogP contribution in [0.2, 0.25) is 0 Å². The number of furan rings is 1. The summed E-state index contributed by atoms with van der Waals surface area (Å²) in [5.74, 6) is -0.0625. The molecular formula is C32H26IrNO3-. The van der Waals surface area contributed by atoms with Gasteiger partial charge >= 0.3 is 0 Å². The van der Waals surface area contributed by atoms with E-state index in [4.69, 9.17) is 14.5 Å². The van der Waals surface area contributed by atoms with Gasteiger partial charge < -0.3 is 9.52 Å². The summed E-state index contributed by atoms with van der Waals surface area (Å²) < 4.78 is 6.37. The molecule has 0 atom stereocenters. The molecule has 0 aliphatic rings. The van der Waals surface area contributed by atoms with Crippen molar-refractivity contribution in [1.29, 1.82) is 0 Å². The maximum absolute atomic E-state index is 10.0. The van der Waals surface area contributed by atoms with Crippen LogP contribution in [-0.4, -0.2) is 15.9 Å². The zero-order valence-corrected chi connectivity index (χ0v) is 23.4. The third-order valence-electron chi connectivity index (χ3n) is 6.23. The zero-order chi connectivity index (χ0) is 25.4. The van der Waals surface area contributed by atoms with Gasteiger partial charge in [0.1, 0.15) is 11.2 Å². The summed E-state index contributed by atoms with van der Waals surface area (Å²) in [5.41, 5.74) is 7.01. The molecule has 0 saturated heterocycles. The molecule has 4 nitrogen and oxygen atoms in total. The van der Waals surface area contributed by atoms with Gasteiger partial charge in [0.25, 0.3) is 0 Å². The van der Waals surface area contributed by atoms with Gasteiger partial charge in [0.2, 0.25) is 0 Å². The van der Waals surface area contributed by atoms with Crippen molar-refractivity contribution in [2.45, 2.75) is 27.7 Å². The minimum Gasteiger partial charge on any atom is -0.512 e. The predicted molar refractivity (Wildman–Crippen MR) is 147 cm³/mol. The Morgan fingerprint density at radius 1 is 0.865 bits per heavy atom. The molecule has 0 fully saturated rings. The maximum atomic E-state index is 10.0. The number of aromatic nitrogens is 1. The summed E-state index contributed by atoms with van der Waals surface area (Å²) in [6.45, 7) is 7.14. The first-order chi connectivity index (χ1) is 17.3. The third kappa shape index (κ3) is 4.93. The monoisotopic (exact) mass is 665 g/mol. The Morgan fingerprint density at radius 3 is 2.24 bits per heavy atom. The fraction of sp³-hybridized carbons (Fsp3) is 0.125. The molecule has 1 N–H and O–H groups in total. The van der Waals surface area contributed by atoms with Crippen LogP contribution >= 0.6 is 0 Å². The van der Waals surface area contributed by atoms with Crippen LogP contribution in [0.3, 0.4) is 0 Å². The van der Waals surface area contributed by atoms with Crippen molar-refractivity contribution in [3.8, 4) is 11.3 Å². The van der Waals surface area contributed by atoms with Crippen molar-refractivity contribution in [2.75, 3.05) is 0 Å². The molecule has 0 unspecified atom stereocenters. The van der Waals surface area contributed by atoms with Crippen molar-refractivity contribution in [3.05, 3.63) is 102 Å². The fourth-order valence-electron chi connectivity index (χ4n) is 4.82. The van der Waals surface area contributed by atoms with Crippen LogP contribution in [0.5, 0.6) is 0 Å². The average Bonchev–Trinajstić information content (AvgIpc) is 3.24. The Labute approximate surface area is 229 Å². The predicted octanol–water partition coefficient (Wildman–Crippen LogP) is 8.41. The Morgan fingerprint density at radius 2 is 1.54 bits per heavy atom. The van der Waals surface area contributed by atoms with E-state index in [9.17, 15) is 4.79 Å². The smallest absolute Gasteiger partial charge is 0.155 e. The first kappa shape index (κ1) is 26.3. The normalized spacial score (nSPS) is 11.4. The van der Waals surface area contributed by atoms with Gasteiger partial charge in [0.15, 0.2) is 5.78 Å². The molecule has 4 aromatic carbocycles. The van der Waals surface area contributed by atoms with Crippen LogP contribution in [0.25, 0.3) is 54.9 Å². The molecule has 2 heterocycles. The van der Waals surface area contributed by atoms with E-state index in [0.717, 1.165) is 49.5 Å². The number of pyridine rings is 1. The number of allylic oxidation sites excluding steroid dienone is 2. The van der Waals surface area contributed by atoms with E-state index in [1.807, 2.05) is 18.2 Å². The van der Waals surface area contributed by atoms with Gasteiger partial charge in [-0.15, -0.1) is 23.3 Å². The molecule has 0 aliphatic carbocycles. The Bertz CT molecular complexity index is 1800. The molecule has 2 aromatic heterocycles. The fourth-order valence-corrected chi connectivity index (χ4v) is 4.82. The van der Waals surface area contributed by atoms with Gasteiger partial charge in [-0.3, -0.25) is 9.78 Å². The molecule has 0 aliphatic heterocycles. The van der Waals surface area contributed by atoms with Gasteiger partial charge in [0, 0.05) is 48.0 Å². The SMILES string of the molecule is CC(=O)/C=C(/C)O.Cc1c[c-]c(-c2nc3ccccc3c3c2oc2ccccc23)c2cccc(C)c12.[Ir]. The number of aliphatic hydroxyl groups excluding tert-OH is 1. The Hall–Kier alpha value is -3.79. The van der Waals surface area contributed by atoms with E-state index in [0.29, 0.717) is 0 Å². The zero-order valence-electron chi connectivity index (χ0n) is 21.0. The van der Waals surface area contributed by atoms with E-state index in [1.165, 1.54) is 36.4 Å². The molecule has 0 bridgehead atoms. The van der Waals surface area contributed by atoms with Crippen LogP contribution in [0.1, 0.15) is 25.0 Å². The molecule has 0 spiro atoms. The second-order valence-corrected chi connectivity index (χ2v) is 9.02. The first-order valence-electron chi connectivity index (χ1n) is 11.8. The minimum absolute atomic E-state index is 0.